The van der Waals surface area contributed by atoms with E-state index in [4.69, 9.17) is 9.47 Å². The van der Waals surface area contributed by atoms with Crippen molar-refractivity contribution in [2.75, 3.05) is 60.5 Å². The van der Waals surface area contributed by atoms with Gasteiger partial charge in [0, 0.05) is 25.7 Å². The van der Waals surface area contributed by atoms with Gasteiger partial charge in [0.25, 0.3) is 0 Å². The molecule has 3 heterocycles. The SMILES string of the molecule is CN1CCOC(C2COC(C3CCCCN3C)CN2C)C1. The summed E-state index contributed by atoms with van der Waals surface area (Å²) in [6.45, 7) is 5.97. The fourth-order valence-corrected chi connectivity index (χ4v) is 4.06. The van der Waals surface area contributed by atoms with Gasteiger partial charge in [0.1, 0.15) is 0 Å². The average molecular weight is 297 g/mol. The van der Waals surface area contributed by atoms with Crippen LogP contribution in [-0.2, 0) is 9.47 Å². The Labute approximate surface area is 129 Å². The molecule has 3 aliphatic rings. The Morgan fingerprint density at radius 2 is 1.62 bits per heavy atom. The van der Waals surface area contributed by atoms with Gasteiger partial charge in [-0.1, -0.05) is 6.42 Å². The zero-order valence-electron chi connectivity index (χ0n) is 13.8. The molecule has 0 bridgehead atoms. The quantitative estimate of drug-likeness (QED) is 0.740. The molecular weight excluding hydrogens is 266 g/mol. The average Bonchev–Trinajstić information content (AvgIpc) is 2.47. The second-order valence-electron chi connectivity index (χ2n) is 7.09. The second-order valence-corrected chi connectivity index (χ2v) is 7.09. The highest BCUT2D eigenvalue weighted by Gasteiger charge is 2.38. The number of hydrogen-bond donors (Lipinski definition) is 0. The first-order chi connectivity index (χ1) is 10.1. The van der Waals surface area contributed by atoms with Crippen LogP contribution >= 0.6 is 0 Å². The number of morpholine rings is 2. The number of rotatable bonds is 2. The summed E-state index contributed by atoms with van der Waals surface area (Å²) in [7, 11) is 6.67. The molecule has 0 saturated carbocycles. The van der Waals surface area contributed by atoms with Gasteiger partial charge in [0.15, 0.2) is 0 Å². The second kappa shape index (κ2) is 6.92. The van der Waals surface area contributed by atoms with E-state index in [0.717, 1.165) is 32.8 Å². The molecule has 0 N–H and O–H groups in total. The molecule has 0 aromatic heterocycles. The predicted molar refractivity (Wildman–Crippen MR) is 83.7 cm³/mol. The molecule has 4 unspecified atom stereocenters. The van der Waals surface area contributed by atoms with Gasteiger partial charge < -0.3 is 19.3 Å². The van der Waals surface area contributed by atoms with Crippen molar-refractivity contribution in [2.45, 2.75) is 43.6 Å². The normalized spacial score (nSPS) is 41.3. The molecule has 4 atom stereocenters. The first-order valence-electron chi connectivity index (χ1n) is 8.47. The molecule has 3 fully saturated rings. The summed E-state index contributed by atoms with van der Waals surface area (Å²) in [6.07, 6.45) is 4.61. The van der Waals surface area contributed by atoms with Gasteiger partial charge in [0.05, 0.1) is 31.5 Å². The molecule has 122 valence electrons. The van der Waals surface area contributed by atoms with E-state index >= 15 is 0 Å². The van der Waals surface area contributed by atoms with Crippen LogP contribution in [0.5, 0.6) is 0 Å². The van der Waals surface area contributed by atoms with Crippen LogP contribution in [0.4, 0.5) is 0 Å². The first kappa shape index (κ1) is 15.7. The van der Waals surface area contributed by atoms with E-state index in [1.807, 2.05) is 0 Å². The number of likely N-dealkylation sites (N-methyl/N-ethyl adjacent to an activating group) is 3. The van der Waals surface area contributed by atoms with E-state index in [-0.39, 0.29) is 0 Å². The highest BCUT2D eigenvalue weighted by Crippen LogP contribution is 2.25. The maximum absolute atomic E-state index is 6.28. The Hall–Kier alpha value is -0.200. The van der Waals surface area contributed by atoms with Gasteiger partial charge >= 0.3 is 0 Å². The van der Waals surface area contributed by atoms with Crippen LogP contribution < -0.4 is 0 Å². The summed E-state index contributed by atoms with van der Waals surface area (Å²) in [5.41, 5.74) is 0. The third-order valence-corrected chi connectivity index (χ3v) is 5.50. The van der Waals surface area contributed by atoms with Crippen molar-refractivity contribution in [3.63, 3.8) is 0 Å². The Kier molecular flexibility index (Phi) is 5.17. The van der Waals surface area contributed by atoms with Crippen LogP contribution in [0.15, 0.2) is 0 Å². The maximum Gasteiger partial charge on any atom is 0.0879 e. The number of ether oxygens (including phenoxy) is 2. The van der Waals surface area contributed by atoms with E-state index < -0.39 is 0 Å². The van der Waals surface area contributed by atoms with Crippen LogP contribution in [-0.4, -0.2) is 99.5 Å². The molecule has 0 aromatic carbocycles. The third kappa shape index (κ3) is 3.59. The topological polar surface area (TPSA) is 28.2 Å². The number of hydrogen-bond acceptors (Lipinski definition) is 5. The lowest BCUT2D eigenvalue weighted by Gasteiger charge is -2.47. The number of nitrogens with zero attached hydrogens (tertiary/aromatic N) is 3. The smallest absolute Gasteiger partial charge is 0.0879 e. The molecule has 3 saturated heterocycles. The van der Waals surface area contributed by atoms with Crippen LogP contribution in [0.2, 0.25) is 0 Å². The van der Waals surface area contributed by atoms with Gasteiger partial charge in [-0.2, -0.15) is 0 Å². The van der Waals surface area contributed by atoms with E-state index in [1.54, 1.807) is 0 Å². The highest BCUT2D eigenvalue weighted by atomic mass is 16.5. The minimum Gasteiger partial charge on any atom is -0.374 e. The van der Waals surface area contributed by atoms with E-state index in [1.165, 1.54) is 25.8 Å². The molecule has 0 aliphatic carbocycles. The molecule has 3 rings (SSSR count). The summed E-state index contributed by atoms with van der Waals surface area (Å²) in [6, 6.07) is 0.995. The van der Waals surface area contributed by atoms with Gasteiger partial charge in [-0.05, 0) is 40.5 Å². The Bertz CT molecular complexity index is 341. The Morgan fingerprint density at radius 3 is 2.33 bits per heavy atom. The van der Waals surface area contributed by atoms with Crippen molar-refractivity contribution in [2.24, 2.45) is 0 Å². The lowest BCUT2D eigenvalue weighted by Crippen LogP contribution is -2.61. The van der Waals surface area contributed by atoms with Crippen LogP contribution in [0, 0.1) is 0 Å². The fraction of sp³-hybridized carbons (Fsp3) is 1.00. The van der Waals surface area contributed by atoms with E-state index in [0.29, 0.717) is 24.3 Å². The molecule has 5 heteroatoms. The van der Waals surface area contributed by atoms with Crippen molar-refractivity contribution in [3.8, 4) is 0 Å². The van der Waals surface area contributed by atoms with Crippen molar-refractivity contribution >= 4 is 0 Å². The lowest BCUT2D eigenvalue weighted by atomic mass is 9.95. The standard InChI is InChI=1S/C16H31N3O2/c1-17-8-9-20-15(10-17)14-12-21-16(11-19(14)3)13-6-4-5-7-18(13)2/h13-16H,4-12H2,1-3H3. The Balaban J connectivity index is 1.56. The van der Waals surface area contributed by atoms with Gasteiger partial charge in [-0.3, -0.25) is 4.90 Å². The van der Waals surface area contributed by atoms with Crippen molar-refractivity contribution in [1.29, 1.82) is 0 Å². The molecule has 0 radical (unpaired) electrons. The molecule has 21 heavy (non-hydrogen) atoms. The summed E-state index contributed by atoms with van der Waals surface area (Å²) in [5, 5.41) is 0. The van der Waals surface area contributed by atoms with E-state index in [9.17, 15) is 0 Å². The zero-order valence-corrected chi connectivity index (χ0v) is 13.8. The lowest BCUT2D eigenvalue weighted by molar-refractivity contribution is -0.142. The maximum atomic E-state index is 6.28. The van der Waals surface area contributed by atoms with Crippen LogP contribution in [0.1, 0.15) is 19.3 Å². The number of piperidine rings is 1. The van der Waals surface area contributed by atoms with E-state index in [2.05, 4.69) is 35.8 Å². The molecule has 0 amide bonds. The first-order valence-corrected chi connectivity index (χ1v) is 8.47. The summed E-state index contributed by atoms with van der Waals surface area (Å²) < 4.78 is 12.3. The zero-order chi connectivity index (χ0) is 14.8. The summed E-state index contributed by atoms with van der Waals surface area (Å²) in [5.74, 6) is 0. The largest absolute Gasteiger partial charge is 0.374 e. The molecular formula is C16H31N3O2. The van der Waals surface area contributed by atoms with Gasteiger partial charge in [0.2, 0.25) is 0 Å². The molecule has 0 aromatic rings. The van der Waals surface area contributed by atoms with Gasteiger partial charge in [-0.15, -0.1) is 0 Å². The minimum atomic E-state index is 0.291. The van der Waals surface area contributed by atoms with Crippen molar-refractivity contribution < 1.29 is 9.47 Å². The molecule has 5 nitrogen and oxygen atoms in total. The molecule has 3 aliphatic heterocycles. The minimum absolute atomic E-state index is 0.291. The van der Waals surface area contributed by atoms with Gasteiger partial charge in [-0.25, -0.2) is 0 Å². The summed E-state index contributed by atoms with van der Waals surface area (Å²) in [4.78, 5) is 7.33. The third-order valence-electron chi connectivity index (χ3n) is 5.50. The Morgan fingerprint density at radius 1 is 0.810 bits per heavy atom. The van der Waals surface area contributed by atoms with Crippen LogP contribution in [0.3, 0.4) is 0 Å². The predicted octanol–water partition coefficient (Wildman–Crippen LogP) is 0.501. The fourth-order valence-electron chi connectivity index (χ4n) is 4.06. The monoisotopic (exact) mass is 297 g/mol. The number of likely N-dealkylation sites (tertiary alicyclic amines) is 1. The van der Waals surface area contributed by atoms with Crippen molar-refractivity contribution in [3.05, 3.63) is 0 Å². The van der Waals surface area contributed by atoms with Crippen molar-refractivity contribution in [1.82, 2.24) is 14.7 Å². The highest BCUT2D eigenvalue weighted by molar-refractivity contribution is 4.92. The summed E-state index contributed by atoms with van der Waals surface area (Å²) >= 11 is 0. The molecule has 0 spiro atoms. The van der Waals surface area contributed by atoms with Crippen LogP contribution in [0.25, 0.3) is 0 Å².